The molecule has 0 radical (unpaired) electrons. The summed E-state index contributed by atoms with van der Waals surface area (Å²) in [7, 11) is -7.62. The van der Waals surface area contributed by atoms with Crippen LogP contribution in [-0.2, 0) is 29.6 Å². The summed E-state index contributed by atoms with van der Waals surface area (Å²) in [5.74, 6) is -0.688. The van der Waals surface area contributed by atoms with E-state index in [0.29, 0.717) is 0 Å². The number of ether oxygens (including phenoxy) is 1. The van der Waals surface area contributed by atoms with Crippen LogP contribution < -0.4 is 9.44 Å². The second-order valence-electron chi connectivity index (χ2n) is 6.06. The van der Waals surface area contributed by atoms with Crippen molar-refractivity contribution in [1.29, 1.82) is 0 Å². The van der Waals surface area contributed by atoms with Crippen molar-refractivity contribution >= 4 is 26.0 Å². The highest BCUT2D eigenvalue weighted by Gasteiger charge is 2.23. The van der Waals surface area contributed by atoms with E-state index in [4.69, 9.17) is 0 Å². The molecule has 10 heteroatoms. The third-order valence-corrected chi connectivity index (χ3v) is 7.04. The normalized spacial score (nSPS) is 16.3. The standard InChI is InChI=1S/C16H24N2O6S2/c1-2-24-16(19)12-17-25(20,21)14-8-10-15(11-9-14)26(22,23)18-13-6-4-3-5-7-13/h8-11,13,17-18H,2-7,12H2,1H3. The first-order valence-corrected chi connectivity index (χ1v) is 11.5. The van der Waals surface area contributed by atoms with E-state index in [9.17, 15) is 21.6 Å². The van der Waals surface area contributed by atoms with Crippen LogP contribution in [0.4, 0.5) is 0 Å². The minimum Gasteiger partial charge on any atom is -0.465 e. The molecule has 0 amide bonds. The highest BCUT2D eigenvalue weighted by Crippen LogP contribution is 2.20. The average molecular weight is 405 g/mol. The van der Waals surface area contributed by atoms with Crippen molar-refractivity contribution in [2.75, 3.05) is 13.2 Å². The van der Waals surface area contributed by atoms with Crippen LogP contribution in [0.2, 0.25) is 0 Å². The maximum atomic E-state index is 12.4. The maximum absolute atomic E-state index is 12.4. The predicted molar refractivity (Wildman–Crippen MR) is 95.5 cm³/mol. The zero-order valence-corrected chi connectivity index (χ0v) is 16.2. The van der Waals surface area contributed by atoms with Gasteiger partial charge in [-0.2, -0.15) is 4.72 Å². The van der Waals surface area contributed by atoms with Crippen LogP contribution in [0.25, 0.3) is 0 Å². The number of esters is 1. The summed E-state index contributed by atoms with van der Waals surface area (Å²) in [6.07, 6.45) is 4.73. The molecule has 1 saturated carbocycles. The van der Waals surface area contributed by atoms with Crippen LogP contribution >= 0.6 is 0 Å². The van der Waals surface area contributed by atoms with Crippen molar-refractivity contribution in [3.8, 4) is 0 Å². The Morgan fingerprint density at radius 2 is 1.54 bits per heavy atom. The molecule has 1 aromatic carbocycles. The molecular formula is C16H24N2O6S2. The summed E-state index contributed by atoms with van der Waals surface area (Å²) >= 11 is 0. The van der Waals surface area contributed by atoms with Crippen molar-refractivity contribution in [2.24, 2.45) is 0 Å². The van der Waals surface area contributed by atoms with Gasteiger partial charge in [-0.1, -0.05) is 19.3 Å². The lowest BCUT2D eigenvalue weighted by atomic mass is 9.96. The van der Waals surface area contributed by atoms with Crippen LogP contribution in [0.3, 0.4) is 0 Å². The first-order chi connectivity index (χ1) is 12.2. The minimum atomic E-state index is -3.93. The summed E-state index contributed by atoms with van der Waals surface area (Å²) in [5, 5.41) is 0. The Morgan fingerprint density at radius 3 is 2.08 bits per heavy atom. The lowest BCUT2D eigenvalue weighted by molar-refractivity contribution is -0.141. The number of sulfonamides is 2. The average Bonchev–Trinajstić information content (AvgIpc) is 2.61. The zero-order valence-electron chi connectivity index (χ0n) is 14.6. The third-order valence-electron chi connectivity index (χ3n) is 4.08. The van der Waals surface area contributed by atoms with Gasteiger partial charge >= 0.3 is 5.97 Å². The van der Waals surface area contributed by atoms with Crippen LogP contribution in [-0.4, -0.2) is 42.0 Å². The molecule has 2 rings (SSSR count). The molecule has 0 aromatic heterocycles. The SMILES string of the molecule is CCOC(=O)CNS(=O)(=O)c1ccc(S(=O)(=O)NC2CCCCC2)cc1. The zero-order chi connectivity index (χ0) is 19.2. The lowest BCUT2D eigenvalue weighted by Crippen LogP contribution is -2.36. The fraction of sp³-hybridized carbons (Fsp3) is 0.562. The van der Waals surface area contributed by atoms with Gasteiger partial charge in [0.1, 0.15) is 6.54 Å². The van der Waals surface area contributed by atoms with Crippen molar-refractivity contribution in [3.05, 3.63) is 24.3 Å². The minimum absolute atomic E-state index is 0.00687. The summed E-state index contributed by atoms with van der Waals surface area (Å²) < 4.78 is 58.5. The Morgan fingerprint density at radius 1 is 1.00 bits per heavy atom. The molecule has 0 atom stereocenters. The van der Waals surface area contributed by atoms with E-state index < -0.39 is 32.6 Å². The molecular weight excluding hydrogens is 380 g/mol. The number of benzene rings is 1. The van der Waals surface area contributed by atoms with E-state index in [0.717, 1.165) is 32.1 Å². The van der Waals surface area contributed by atoms with Gasteiger partial charge < -0.3 is 4.74 Å². The van der Waals surface area contributed by atoms with Gasteiger partial charge in [0.2, 0.25) is 20.0 Å². The summed E-state index contributed by atoms with van der Waals surface area (Å²) in [6.45, 7) is 1.29. The van der Waals surface area contributed by atoms with Crippen LogP contribution in [0, 0.1) is 0 Å². The van der Waals surface area contributed by atoms with E-state index in [-0.39, 0.29) is 22.4 Å². The van der Waals surface area contributed by atoms with Crippen molar-refractivity contribution in [2.45, 2.75) is 54.9 Å². The second-order valence-corrected chi connectivity index (χ2v) is 9.54. The molecule has 0 bridgehead atoms. The van der Waals surface area contributed by atoms with Crippen LogP contribution in [0.5, 0.6) is 0 Å². The highest BCUT2D eigenvalue weighted by molar-refractivity contribution is 7.90. The summed E-state index contributed by atoms with van der Waals surface area (Å²) in [6, 6.07) is 4.79. The Bertz CT molecular complexity index is 813. The number of carbonyl (C=O) groups is 1. The van der Waals surface area contributed by atoms with E-state index >= 15 is 0 Å². The van der Waals surface area contributed by atoms with E-state index in [2.05, 4.69) is 14.2 Å². The number of nitrogens with one attached hydrogen (secondary N) is 2. The number of hydrogen-bond acceptors (Lipinski definition) is 6. The van der Waals surface area contributed by atoms with Gasteiger partial charge in [-0.05, 0) is 44.0 Å². The molecule has 1 aliphatic rings. The van der Waals surface area contributed by atoms with Gasteiger partial charge in [-0.25, -0.2) is 21.6 Å². The molecule has 1 aromatic rings. The fourth-order valence-electron chi connectivity index (χ4n) is 2.76. The fourth-order valence-corrected chi connectivity index (χ4v) is 5.03. The first kappa shape index (κ1) is 20.8. The van der Waals surface area contributed by atoms with Gasteiger partial charge in [0.25, 0.3) is 0 Å². The Kier molecular flexibility index (Phi) is 7.16. The van der Waals surface area contributed by atoms with Gasteiger partial charge in [0.05, 0.1) is 16.4 Å². The first-order valence-electron chi connectivity index (χ1n) is 8.52. The van der Waals surface area contributed by atoms with Gasteiger partial charge in [0, 0.05) is 6.04 Å². The Hall–Kier alpha value is -1.49. The van der Waals surface area contributed by atoms with Crippen molar-refractivity contribution in [1.82, 2.24) is 9.44 Å². The predicted octanol–water partition coefficient (Wildman–Crippen LogP) is 1.14. The molecule has 0 heterocycles. The quantitative estimate of drug-likeness (QED) is 0.627. The highest BCUT2D eigenvalue weighted by atomic mass is 32.2. The lowest BCUT2D eigenvalue weighted by Gasteiger charge is -2.22. The molecule has 26 heavy (non-hydrogen) atoms. The molecule has 146 valence electrons. The van der Waals surface area contributed by atoms with Crippen molar-refractivity contribution in [3.63, 3.8) is 0 Å². The molecule has 0 unspecified atom stereocenters. The largest absolute Gasteiger partial charge is 0.465 e. The van der Waals surface area contributed by atoms with Crippen LogP contribution in [0.1, 0.15) is 39.0 Å². The monoisotopic (exact) mass is 404 g/mol. The third kappa shape index (κ3) is 5.76. The number of rotatable bonds is 8. The number of hydrogen-bond donors (Lipinski definition) is 2. The smallest absolute Gasteiger partial charge is 0.321 e. The number of carbonyl (C=O) groups excluding carboxylic acids is 1. The van der Waals surface area contributed by atoms with Gasteiger partial charge in [0.15, 0.2) is 0 Å². The molecule has 0 spiro atoms. The van der Waals surface area contributed by atoms with Gasteiger partial charge in [-0.15, -0.1) is 0 Å². The molecule has 1 aliphatic carbocycles. The molecule has 2 N–H and O–H groups in total. The molecule has 0 saturated heterocycles. The maximum Gasteiger partial charge on any atom is 0.321 e. The molecule has 8 nitrogen and oxygen atoms in total. The topological polar surface area (TPSA) is 119 Å². The van der Waals surface area contributed by atoms with Crippen LogP contribution in [0.15, 0.2) is 34.1 Å². The van der Waals surface area contributed by atoms with E-state index in [1.54, 1.807) is 6.92 Å². The second kappa shape index (κ2) is 8.94. The van der Waals surface area contributed by atoms with E-state index in [1.807, 2.05) is 0 Å². The Balaban J connectivity index is 2.05. The van der Waals surface area contributed by atoms with Crippen molar-refractivity contribution < 1.29 is 26.4 Å². The van der Waals surface area contributed by atoms with E-state index in [1.165, 1.54) is 24.3 Å². The molecule has 1 fully saturated rings. The summed E-state index contributed by atoms with van der Waals surface area (Å²) in [4.78, 5) is 11.1. The van der Waals surface area contributed by atoms with Gasteiger partial charge in [-0.3, -0.25) is 4.79 Å². The summed E-state index contributed by atoms with van der Waals surface area (Å²) in [5.41, 5.74) is 0. The molecule has 0 aliphatic heterocycles. The Labute approximate surface area is 154 Å².